The lowest BCUT2D eigenvalue weighted by molar-refractivity contribution is 1.24. The summed E-state index contributed by atoms with van der Waals surface area (Å²) in [5, 5.41) is 0. The maximum atomic E-state index is 3.75. The second-order valence-electron chi connectivity index (χ2n) is 2.40. The van der Waals surface area contributed by atoms with E-state index in [1.54, 1.807) is 0 Å². The minimum atomic E-state index is 0.864. The second-order valence-corrected chi connectivity index (χ2v) is 2.40. The molecule has 52 valence electrons. The van der Waals surface area contributed by atoms with Crippen LogP contribution >= 0.6 is 0 Å². The van der Waals surface area contributed by atoms with Gasteiger partial charge < -0.3 is 0 Å². The molecule has 0 atom stereocenters. The third kappa shape index (κ3) is 1.87. The predicted molar refractivity (Wildman–Crippen MR) is 44.6 cm³/mol. The van der Waals surface area contributed by atoms with Gasteiger partial charge in [0, 0.05) is 0 Å². The van der Waals surface area contributed by atoms with Crippen molar-refractivity contribution >= 4 is 0 Å². The molecule has 1 rings (SSSR count). The highest BCUT2D eigenvalue weighted by molar-refractivity contribution is 5.26. The standard InChI is InChI=1S/C10H12/c1-3-4-10-7-5-9(2)6-8-10/h4-8H,1,3H2,2H3. The molecule has 10 heavy (non-hydrogen) atoms. The molecule has 1 aromatic carbocycles. The number of hydrogen-bond donors (Lipinski definition) is 0. The Balaban J connectivity index is 2.69. The zero-order valence-corrected chi connectivity index (χ0v) is 6.30. The average Bonchev–Trinajstić information content (AvgIpc) is 1.95. The van der Waals surface area contributed by atoms with Crippen LogP contribution in [0.5, 0.6) is 0 Å². The lowest BCUT2D eigenvalue weighted by Gasteiger charge is -1.96. The van der Waals surface area contributed by atoms with E-state index in [0.717, 1.165) is 6.42 Å². The normalized spacial score (nSPS) is 9.80. The van der Waals surface area contributed by atoms with Crippen molar-refractivity contribution in [3.63, 3.8) is 0 Å². The summed E-state index contributed by atoms with van der Waals surface area (Å²) >= 11 is 0. The van der Waals surface area contributed by atoms with Gasteiger partial charge in [0.2, 0.25) is 0 Å². The zero-order valence-electron chi connectivity index (χ0n) is 6.30. The molecule has 0 unspecified atom stereocenters. The third-order valence-electron chi connectivity index (χ3n) is 1.46. The highest BCUT2D eigenvalue weighted by atomic mass is 13.9. The lowest BCUT2D eigenvalue weighted by atomic mass is 10.1. The molecule has 0 aliphatic heterocycles. The first-order valence-electron chi connectivity index (χ1n) is 3.52. The summed E-state index contributed by atoms with van der Waals surface area (Å²) in [5.41, 5.74) is 2.57. The Morgan fingerprint density at radius 1 is 1.30 bits per heavy atom. The van der Waals surface area contributed by atoms with Gasteiger partial charge in [-0.3, -0.25) is 0 Å². The van der Waals surface area contributed by atoms with Crippen LogP contribution in [0.4, 0.5) is 0 Å². The molecular formula is C10H12. The zero-order chi connectivity index (χ0) is 7.40. The average molecular weight is 132 g/mol. The van der Waals surface area contributed by atoms with Gasteiger partial charge >= 0.3 is 0 Å². The summed E-state index contributed by atoms with van der Waals surface area (Å²) in [6.07, 6.45) is 2.97. The van der Waals surface area contributed by atoms with Crippen molar-refractivity contribution in [1.82, 2.24) is 0 Å². The van der Waals surface area contributed by atoms with E-state index in [2.05, 4.69) is 44.5 Å². The van der Waals surface area contributed by atoms with E-state index in [1.165, 1.54) is 11.1 Å². The quantitative estimate of drug-likeness (QED) is 0.580. The molecule has 0 heterocycles. The first kappa shape index (κ1) is 7.33. The van der Waals surface area contributed by atoms with Crippen LogP contribution in [0.1, 0.15) is 17.5 Å². The Bertz CT molecular complexity index is 184. The van der Waals surface area contributed by atoms with Gasteiger partial charge in [-0.15, -0.1) is 0 Å². The predicted octanol–water partition coefficient (Wildman–Crippen LogP) is 2.77. The van der Waals surface area contributed by atoms with Crippen molar-refractivity contribution in [3.8, 4) is 0 Å². The van der Waals surface area contributed by atoms with E-state index in [-0.39, 0.29) is 0 Å². The van der Waals surface area contributed by atoms with Gasteiger partial charge in [-0.1, -0.05) is 36.8 Å². The Morgan fingerprint density at radius 3 is 2.40 bits per heavy atom. The summed E-state index contributed by atoms with van der Waals surface area (Å²) in [6.45, 7) is 5.84. The molecule has 1 aromatic rings. The van der Waals surface area contributed by atoms with Gasteiger partial charge in [-0.2, -0.15) is 0 Å². The molecule has 0 saturated heterocycles. The van der Waals surface area contributed by atoms with Gasteiger partial charge in [0.1, 0.15) is 0 Å². The van der Waals surface area contributed by atoms with Crippen molar-refractivity contribution in [2.24, 2.45) is 0 Å². The van der Waals surface area contributed by atoms with E-state index in [9.17, 15) is 0 Å². The summed E-state index contributed by atoms with van der Waals surface area (Å²) in [5.74, 6) is 0. The second kappa shape index (κ2) is 3.40. The van der Waals surface area contributed by atoms with Crippen molar-refractivity contribution in [2.75, 3.05) is 0 Å². The summed E-state index contributed by atoms with van der Waals surface area (Å²) < 4.78 is 0. The van der Waals surface area contributed by atoms with E-state index < -0.39 is 0 Å². The Kier molecular flexibility index (Phi) is 2.49. The Hall–Kier alpha value is -0.780. The molecule has 0 aliphatic rings. The van der Waals surface area contributed by atoms with Crippen LogP contribution < -0.4 is 0 Å². The largest absolute Gasteiger partial charge is 0.0590 e. The monoisotopic (exact) mass is 132 g/mol. The summed E-state index contributed by atoms with van der Waals surface area (Å²) in [4.78, 5) is 0. The minimum absolute atomic E-state index is 0.864. The number of rotatable bonds is 2. The van der Waals surface area contributed by atoms with Crippen LogP contribution in [0.15, 0.2) is 24.3 Å². The molecular weight excluding hydrogens is 120 g/mol. The van der Waals surface area contributed by atoms with Crippen molar-refractivity contribution in [3.05, 3.63) is 48.7 Å². The van der Waals surface area contributed by atoms with E-state index in [4.69, 9.17) is 0 Å². The third-order valence-corrected chi connectivity index (χ3v) is 1.46. The molecule has 0 N–H and O–H groups in total. The molecule has 0 aromatic heterocycles. The first-order valence-corrected chi connectivity index (χ1v) is 3.52. The number of aryl methyl sites for hydroxylation is 1. The van der Waals surface area contributed by atoms with Crippen molar-refractivity contribution < 1.29 is 0 Å². The van der Waals surface area contributed by atoms with E-state index in [0.29, 0.717) is 0 Å². The summed E-state index contributed by atoms with van der Waals surface area (Å²) in [7, 11) is 0. The molecule has 0 amide bonds. The maximum Gasteiger partial charge on any atom is -0.00931 e. The smallest absolute Gasteiger partial charge is 0.00931 e. The van der Waals surface area contributed by atoms with Crippen molar-refractivity contribution in [1.29, 1.82) is 0 Å². The fraction of sp³-hybridized carbons (Fsp3) is 0.200. The fourth-order valence-corrected chi connectivity index (χ4v) is 0.869. The first-order chi connectivity index (χ1) is 4.83. The molecule has 0 bridgehead atoms. The molecule has 0 nitrogen and oxygen atoms in total. The molecule has 0 saturated carbocycles. The Labute approximate surface area is 62.9 Å². The van der Waals surface area contributed by atoms with E-state index >= 15 is 0 Å². The SMILES string of the molecule is [CH2]C[CH]c1ccc(C)cc1. The topological polar surface area (TPSA) is 0 Å². The van der Waals surface area contributed by atoms with Gasteiger partial charge in [-0.05, 0) is 25.3 Å². The Morgan fingerprint density at radius 2 is 1.90 bits per heavy atom. The number of hydrogen-bond acceptors (Lipinski definition) is 0. The minimum Gasteiger partial charge on any atom is -0.0590 e. The van der Waals surface area contributed by atoms with Crippen molar-refractivity contribution in [2.45, 2.75) is 13.3 Å². The molecule has 2 radical (unpaired) electrons. The van der Waals surface area contributed by atoms with Crippen LogP contribution in [0.25, 0.3) is 0 Å². The molecule has 0 fully saturated rings. The molecule has 0 aliphatic carbocycles. The van der Waals surface area contributed by atoms with Crippen LogP contribution in [-0.2, 0) is 0 Å². The van der Waals surface area contributed by atoms with Gasteiger partial charge in [0.05, 0.1) is 0 Å². The molecule has 0 spiro atoms. The van der Waals surface area contributed by atoms with Crippen LogP contribution in [0.2, 0.25) is 0 Å². The number of benzene rings is 1. The molecule has 0 heteroatoms. The van der Waals surface area contributed by atoms with Crippen LogP contribution in [0, 0.1) is 20.3 Å². The lowest BCUT2D eigenvalue weighted by Crippen LogP contribution is -1.78. The van der Waals surface area contributed by atoms with Crippen LogP contribution in [-0.4, -0.2) is 0 Å². The van der Waals surface area contributed by atoms with Gasteiger partial charge in [-0.25, -0.2) is 0 Å². The maximum absolute atomic E-state index is 3.75. The fourth-order valence-electron chi connectivity index (χ4n) is 0.869. The van der Waals surface area contributed by atoms with E-state index in [1.807, 2.05) is 0 Å². The van der Waals surface area contributed by atoms with Gasteiger partial charge in [0.25, 0.3) is 0 Å². The highest BCUT2D eigenvalue weighted by Gasteiger charge is 1.88. The van der Waals surface area contributed by atoms with Gasteiger partial charge in [0.15, 0.2) is 0 Å². The van der Waals surface area contributed by atoms with Crippen LogP contribution in [0.3, 0.4) is 0 Å². The highest BCUT2D eigenvalue weighted by Crippen LogP contribution is 2.06. The summed E-state index contributed by atoms with van der Waals surface area (Å²) in [6, 6.07) is 8.45.